The fraction of sp³-hybridized carbons (Fsp3) is 0.261. The van der Waals surface area contributed by atoms with Gasteiger partial charge in [-0.25, -0.2) is 18.4 Å². The number of ether oxygens (including phenoxy) is 2. The molecule has 0 radical (unpaired) electrons. The number of benzene rings is 1. The molecule has 3 rings (SSSR count). The standard InChI is InChI=1S/C23H20F3N3O5S/c1-4-5-10-35(31,32)22-27-17(12-20(28-22)23(24,25)26)16-7-9-21(30)29(14-16)13-15-6-8-18(33-2)19(11-15)34-3/h1,6-9,11-12,14H,5,10,13H2,2-3H3. The fourth-order valence-electron chi connectivity index (χ4n) is 3.12. The van der Waals surface area contributed by atoms with Crippen molar-refractivity contribution in [2.24, 2.45) is 0 Å². The van der Waals surface area contributed by atoms with Crippen molar-refractivity contribution in [2.75, 3.05) is 20.0 Å². The Bertz CT molecular complexity index is 1440. The minimum Gasteiger partial charge on any atom is -0.493 e. The van der Waals surface area contributed by atoms with Crippen LogP contribution in [0, 0.1) is 12.3 Å². The van der Waals surface area contributed by atoms with Crippen LogP contribution in [0.15, 0.2) is 52.5 Å². The zero-order valence-corrected chi connectivity index (χ0v) is 19.5. The number of alkyl halides is 3. The highest BCUT2D eigenvalue weighted by Crippen LogP contribution is 2.31. The summed E-state index contributed by atoms with van der Waals surface area (Å²) >= 11 is 0. The number of aromatic nitrogens is 3. The number of terminal acetylenes is 1. The van der Waals surface area contributed by atoms with Crippen LogP contribution in [0.1, 0.15) is 17.7 Å². The van der Waals surface area contributed by atoms with Gasteiger partial charge in [0.25, 0.3) is 5.56 Å². The summed E-state index contributed by atoms with van der Waals surface area (Å²) in [5.74, 6) is 2.43. The summed E-state index contributed by atoms with van der Waals surface area (Å²) in [6.45, 7) is 0.0531. The van der Waals surface area contributed by atoms with Crippen LogP contribution in [-0.4, -0.2) is 42.9 Å². The van der Waals surface area contributed by atoms with Crippen LogP contribution in [0.3, 0.4) is 0 Å². The molecular weight excluding hydrogens is 487 g/mol. The minimum atomic E-state index is -4.93. The van der Waals surface area contributed by atoms with E-state index >= 15 is 0 Å². The molecule has 0 spiro atoms. The summed E-state index contributed by atoms with van der Waals surface area (Å²) in [5, 5.41) is -0.991. The predicted octanol–water partition coefficient (Wildman–Crippen LogP) is 3.19. The highest BCUT2D eigenvalue weighted by atomic mass is 32.2. The molecular formula is C23H20F3N3O5S. The third-order valence-corrected chi connectivity index (χ3v) is 6.35. The second kappa shape index (κ2) is 10.2. The smallest absolute Gasteiger partial charge is 0.433 e. The van der Waals surface area contributed by atoms with E-state index < -0.39 is 38.2 Å². The Kier molecular flexibility index (Phi) is 7.50. The van der Waals surface area contributed by atoms with Crippen LogP contribution in [0.2, 0.25) is 0 Å². The van der Waals surface area contributed by atoms with Gasteiger partial charge in [-0.1, -0.05) is 6.07 Å². The van der Waals surface area contributed by atoms with Gasteiger partial charge in [0.1, 0.15) is 5.69 Å². The fourth-order valence-corrected chi connectivity index (χ4v) is 4.17. The molecule has 12 heteroatoms. The number of methoxy groups -OCH3 is 2. The van der Waals surface area contributed by atoms with Crippen LogP contribution in [-0.2, 0) is 22.6 Å². The lowest BCUT2D eigenvalue weighted by Gasteiger charge is -2.13. The van der Waals surface area contributed by atoms with Crippen LogP contribution < -0.4 is 15.0 Å². The Morgan fingerprint density at radius 2 is 1.77 bits per heavy atom. The van der Waals surface area contributed by atoms with Gasteiger partial charge in [0, 0.05) is 24.2 Å². The molecule has 0 saturated heterocycles. The summed E-state index contributed by atoms with van der Waals surface area (Å²) in [6.07, 6.45) is 1.23. The summed E-state index contributed by atoms with van der Waals surface area (Å²) < 4.78 is 77.0. The number of hydrogen-bond acceptors (Lipinski definition) is 7. The quantitative estimate of drug-likeness (QED) is 0.341. The zero-order valence-electron chi connectivity index (χ0n) is 18.7. The number of rotatable bonds is 8. The van der Waals surface area contributed by atoms with E-state index in [2.05, 4.69) is 15.9 Å². The molecule has 1 aromatic carbocycles. The molecule has 2 heterocycles. The monoisotopic (exact) mass is 507 g/mol. The van der Waals surface area contributed by atoms with E-state index in [-0.39, 0.29) is 24.2 Å². The minimum absolute atomic E-state index is 0.0531. The van der Waals surface area contributed by atoms with Crippen molar-refractivity contribution in [3.63, 3.8) is 0 Å². The van der Waals surface area contributed by atoms with Crippen molar-refractivity contribution >= 4 is 9.84 Å². The van der Waals surface area contributed by atoms with Crippen molar-refractivity contribution in [2.45, 2.75) is 24.3 Å². The summed E-state index contributed by atoms with van der Waals surface area (Å²) in [6, 6.07) is 8.03. The maximum atomic E-state index is 13.5. The Morgan fingerprint density at radius 1 is 1.06 bits per heavy atom. The average Bonchev–Trinajstić information content (AvgIpc) is 2.83. The van der Waals surface area contributed by atoms with Crippen molar-refractivity contribution in [1.82, 2.24) is 14.5 Å². The average molecular weight is 507 g/mol. The van der Waals surface area contributed by atoms with Crippen molar-refractivity contribution in [1.29, 1.82) is 0 Å². The zero-order chi connectivity index (χ0) is 25.8. The molecule has 0 aliphatic rings. The number of hydrogen-bond donors (Lipinski definition) is 0. The molecule has 0 bridgehead atoms. The topological polar surface area (TPSA) is 100 Å². The molecule has 0 unspecified atom stereocenters. The van der Waals surface area contributed by atoms with Crippen LogP contribution in [0.5, 0.6) is 11.5 Å². The van der Waals surface area contributed by atoms with Crippen LogP contribution in [0.4, 0.5) is 13.2 Å². The Morgan fingerprint density at radius 3 is 2.40 bits per heavy atom. The van der Waals surface area contributed by atoms with E-state index in [4.69, 9.17) is 15.9 Å². The predicted molar refractivity (Wildman–Crippen MR) is 121 cm³/mol. The first-order valence-corrected chi connectivity index (χ1v) is 11.7. The number of pyridine rings is 1. The van der Waals surface area contributed by atoms with Gasteiger partial charge in [-0.3, -0.25) is 4.79 Å². The Hall–Kier alpha value is -3.85. The SMILES string of the molecule is C#CCCS(=O)(=O)c1nc(-c2ccc(=O)n(Cc3ccc(OC)c(OC)c3)c2)cc(C(F)(F)F)n1. The number of sulfone groups is 1. The first-order chi connectivity index (χ1) is 16.5. The summed E-state index contributed by atoms with van der Waals surface area (Å²) in [5.41, 5.74) is -1.44. The lowest BCUT2D eigenvalue weighted by Crippen LogP contribution is -2.20. The van der Waals surface area contributed by atoms with Crippen LogP contribution >= 0.6 is 0 Å². The van der Waals surface area contributed by atoms with Gasteiger partial charge >= 0.3 is 6.18 Å². The van der Waals surface area contributed by atoms with Crippen LogP contribution in [0.25, 0.3) is 11.3 Å². The Labute approximate surface area is 199 Å². The first-order valence-electron chi connectivity index (χ1n) is 10.0. The molecule has 0 atom stereocenters. The van der Waals surface area contributed by atoms with E-state index in [0.717, 1.165) is 6.07 Å². The lowest BCUT2D eigenvalue weighted by molar-refractivity contribution is -0.141. The number of halogens is 3. The van der Waals surface area contributed by atoms with Gasteiger partial charge in [0.2, 0.25) is 15.0 Å². The first kappa shape index (κ1) is 25.8. The van der Waals surface area contributed by atoms with Gasteiger partial charge in [0.15, 0.2) is 11.5 Å². The second-order valence-electron chi connectivity index (χ2n) is 7.27. The highest BCUT2D eigenvalue weighted by Gasteiger charge is 2.35. The van der Waals surface area contributed by atoms with E-state index in [1.807, 2.05) is 0 Å². The number of nitrogens with zero attached hydrogens (tertiary/aromatic N) is 3. The van der Waals surface area contributed by atoms with E-state index in [0.29, 0.717) is 23.1 Å². The summed E-state index contributed by atoms with van der Waals surface area (Å²) in [4.78, 5) is 19.5. The normalized spacial score (nSPS) is 11.7. The molecule has 35 heavy (non-hydrogen) atoms. The molecule has 3 aromatic rings. The van der Waals surface area contributed by atoms with Crippen molar-refractivity contribution < 1.29 is 31.1 Å². The lowest BCUT2D eigenvalue weighted by atomic mass is 10.1. The molecule has 0 aliphatic carbocycles. The molecule has 184 valence electrons. The molecule has 8 nitrogen and oxygen atoms in total. The highest BCUT2D eigenvalue weighted by molar-refractivity contribution is 7.91. The van der Waals surface area contributed by atoms with Crippen molar-refractivity contribution in [3.05, 3.63) is 64.2 Å². The van der Waals surface area contributed by atoms with Gasteiger partial charge in [-0.2, -0.15) is 13.2 Å². The van der Waals surface area contributed by atoms with Gasteiger partial charge in [-0.05, 0) is 29.8 Å². The molecule has 0 amide bonds. The molecule has 0 N–H and O–H groups in total. The molecule has 0 fully saturated rings. The maximum Gasteiger partial charge on any atom is 0.433 e. The van der Waals surface area contributed by atoms with E-state index in [9.17, 15) is 26.4 Å². The van der Waals surface area contributed by atoms with Gasteiger partial charge in [0.05, 0.1) is 32.2 Å². The molecule has 0 aliphatic heterocycles. The Balaban J connectivity index is 2.09. The van der Waals surface area contributed by atoms with E-state index in [1.165, 1.54) is 31.0 Å². The second-order valence-corrected chi connectivity index (χ2v) is 9.27. The molecule has 0 saturated carbocycles. The van der Waals surface area contributed by atoms with Gasteiger partial charge < -0.3 is 14.0 Å². The largest absolute Gasteiger partial charge is 0.493 e. The maximum absolute atomic E-state index is 13.5. The van der Waals surface area contributed by atoms with Crippen molar-refractivity contribution in [3.8, 4) is 35.1 Å². The molecule has 2 aromatic heterocycles. The third kappa shape index (κ3) is 5.99. The van der Waals surface area contributed by atoms with Gasteiger partial charge in [-0.15, -0.1) is 12.3 Å². The third-order valence-electron chi connectivity index (χ3n) is 4.87. The summed E-state index contributed by atoms with van der Waals surface area (Å²) in [7, 11) is -1.34. The van der Waals surface area contributed by atoms with E-state index in [1.54, 1.807) is 18.2 Å².